The van der Waals surface area contributed by atoms with Gasteiger partial charge in [-0.05, 0) is 56.0 Å². The fourth-order valence-electron chi connectivity index (χ4n) is 2.20. The molecule has 1 N–H and O–H groups in total. The molecule has 2 aliphatic rings. The van der Waals surface area contributed by atoms with Crippen molar-refractivity contribution in [2.75, 3.05) is 19.8 Å². The van der Waals surface area contributed by atoms with Crippen LogP contribution in [0.3, 0.4) is 0 Å². The predicted molar refractivity (Wildman–Crippen MR) is 66.9 cm³/mol. The number of ether oxygens (including phenoxy) is 2. The van der Waals surface area contributed by atoms with Crippen LogP contribution in [0.15, 0.2) is 12.1 Å². The minimum absolute atomic E-state index is 0.662. The van der Waals surface area contributed by atoms with E-state index < -0.39 is 0 Å². The Morgan fingerprint density at radius 2 is 1.88 bits per heavy atom. The van der Waals surface area contributed by atoms with E-state index in [1.165, 1.54) is 24.0 Å². The molecule has 0 aromatic heterocycles. The Hall–Kier alpha value is -1.22. The normalized spacial score (nSPS) is 18.2. The minimum atomic E-state index is 0.662. The third kappa shape index (κ3) is 2.55. The van der Waals surface area contributed by atoms with Gasteiger partial charge in [-0.1, -0.05) is 0 Å². The maximum atomic E-state index is 5.61. The van der Waals surface area contributed by atoms with Crippen LogP contribution in [0, 0.1) is 6.92 Å². The Balaban J connectivity index is 1.69. The molecule has 0 amide bonds. The number of nitrogens with one attached hydrogen (secondary N) is 1. The summed E-state index contributed by atoms with van der Waals surface area (Å²) in [7, 11) is 0. The average molecular weight is 233 g/mol. The van der Waals surface area contributed by atoms with E-state index in [0.29, 0.717) is 13.2 Å². The van der Waals surface area contributed by atoms with E-state index >= 15 is 0 Å². The Morgan fingerprint density at radius 1 is 1.18 bits per heavy atom. The highest BCUT2D eigenvalue weighted by Gasteiger charge is 2.20. The fraction of sp³-hybridized carbons (Fsp3) is 0.571. The first-order valence-electron chi connectivity index (χ1n) is 6.45. The van der Waals surface area contributed by atoms with Gasteiger partial charge in [0.2, 0.25) is 0 Å². The van der Waals surface area contributed by atoms with Crippen LogP contribution in [-0.2, 0) is 6.42 Å². The Bertz CT molecular complexity index is 413. The fourth-order valence-corrected chi connectivity index (χ4v) is 2.20. The largest absolute Gasteiger partial charge is 0.486 e. The van der Waals surface area contributed by atoms with Gasteiger partial charge in [0.15, 0.2) is 11.5 Å². The Kier molecular flexibility index (Phi) is 2.93. The highest BCUT2D eigenvalue weighted by atomic mass is 16.6. The second-order valence-corrected chi connectivity index (χ2v) is 4.90. The predicted octanol–water partition coefficient (Wildman–Crippen LogP) is 2.06. The third-order valence-corrected chi connectivity index (χ3v) is 3.41. The minimum Gasteiger partial charge on any atom is -0.486 e. The van der Waals surface area contributed by atoms with Crippen molar-refractivity contribution in [2.45, 2.75) is 32.2 Å². The molecule has 1 aliphatic carbocycles. The molecule has 1 aromatic rings. The van der Waals surface area contributed by atoms with Gasteiger partial charge in [-0.25, -0.2) is 0 Å². The summed E-state index contributed by atoms with van der Waals surface area (Å²) in [5, 5.41) is 3.54. The first kappa shape index (κ1) is 10.9. The third-order valence-electron chi connectivity index (χ3n) is 3.41. The second-order valence-electron chi connectivity index (χ2n) is 4.90. The molecule has 0 bridgehead atoms. The van der Waals surface area contributed by atoms with Gasteiger partial charge in [-0.15, -0.1) is 0 Å². The summed E-state index contributed by atoms with van der Waals surface area (Å²) >= 11 is 0. The van der Waals surface area contributed by atoms with Crippen LogP contribution in [0.1, 0.15) is 24.0 Å². The topological polar surface area (TPSA) is 30.5 Å². The molecule has 0 unspecified atom stereocenters. The van der Waals surface area contributed by atoms with Crippen molar-refractivity contribution in [3.8, 4) is 11.5 Å². The lowest BCUT2D eigenvalue weighted by molar-refractivity contribution is 0.171. The van der Waals surface area contributed by atoms with Crippen LogP contribution in [-0.4, -0.2) is 25.8 Å². The average Bonchev–Trinajstić information content (AvgIpc) is 3.14. The summed E-state index contributed by atoms with van der Waals surface area (Å²) < 4.78 is 11.2. The van der Waals surface area contributed by atoms with Gasteiger partial charge < -0.3 is 14.8 Å². The zero-order chi connectivity index (χ0) is 11.7. The van der Waals surface area contributed by atoms with Crippen LogP contribution >= 0.6 is 0 Å². The molecule has 1 aliphatic heterocycles. The smallest absolute Gasteiger partial charge is 0.161 e. The van der Waals surface area contributed by atoms with Crippen molar-refractivity contribution in [1.82, 2.24) is 5.32 Å². The molecule has 1 heterocycles. The number of hydrogen-bond acceptors (Lipinski definition) is 3. The molecule has 3 heteroatoms. The number of fused-ring (bicyclic) bond motifs is 1. The maximum absolute atomic E-state index is 5.61. The molecule has 3 nitrogen and oxygen atoms in total. The lowest BCUT2D eigenvalue weighted by Gasteiger charge is -2.20. The zero-order valence-electron chi connectivity index (χ0n) is 10.3. The lowest BCUT2D eigenvalue weighted by Crippen LogP contribution is -2.20. The summed E-state index contributed by atoms with van der Waals surface area (Å²) in [6.45, 7) is 4.53. The van der Waals surface area contributed by atoms with Crippen LogP contribution < -0.4 is 14.8 Å². The molecule has 1 fully saturated rings. The van der Waals surface area contributed by atoms with E-state index in [2.05, 4.69) is 24.4 Å². The summed E-state index contributed by atoms with van der Waals surface area (Å²) in [4.78, 5) is 0. The number of aryl methyl sites for hydroxylation is 1. The highest BCUT2D eigenvalue weighted by Crippen LogP contribution is 2.33. The molecule has 17 heavy (non-hydrogen) atoms. The number of hydrogen-bond donors (Lipinski definition) is 1. The molecule has 1 aromatic carbocycles. The van der Waals surface area contributed by atoms with Crippen molar-refractivity contribution < 1.29 is 9.47 Å². The van der Waals surface area contributed by atoms with E-state index in [0.717, 1.165) is 30.5 Å². The lowest BCUT2D eigenvalue weighted by atomic mass is 10.0. The molecular formula is C14H19NO2. The molecule has 1 saturated carbocycles. The first-order valence-corrected chi connectivity index (χ1v) is 6.45. The van der Waals surface area contributed by atoms with E-state index in [9.17, 15) is 0 Å². The molecule has 3 rings (SSSR count). The maximum Gasteiger partial charge on any atom is 0.161 e. The van der Waals surface area contributed by atoms with Crippen molar-refractivity contribution in [2.24, 2.45) is 0 Å². The Morgan fingerprint density at radius 3 is 2.59 bits per heavy atom. The van der Waals surface area contributed by atoms with Crippen molar-refractivity contribution >= 4 is 0 Å². The molecule has 0 radical (unpaired) electrons. The zero-order valence-corrected chi connectivity index (χ0v) is 10.3. The van der Waals surface area contributed by atoms with Gasteiger partial charge in [0, 0.05) is 6.04 Å². The molecular weight excluding hydrogens is 214 g/mol. The molecule has 0 atom stereocenters. The summed E-state index contributed by atoms with van der Waals surface area (Å²) in [6.07, 6.45) is 3.76. The van der Waals surface area contributed by atoms with Crippen LogP contribution in [0.25, 0.3) is 0 Å². The van der Waals surface area contributed by atoms with Crippen molar-refractivity contribution in [3.05, 3.63) is 23.3 Å². The number of benzene rings is 1. The summed E-state index contributed by atoms with van der Waals surface area (Å²) in [5.74, 6) is 1.80. The standard InChI is InChI=1S/C14H19NO2/c1-10-8-13-14(17-7-6-16-13)9-11(10)4-5-15-12-2-3-12/h8-9,12,15H,2-7H2,1H3. The van der Waals surface area contributed by atoms with Gasteiger partial charge in [-0.3, -0.25) is 0 Å². The van der Waals surface area contributed by atoms with Crippen LogP contribution in [0.5, 0.6) is 11.5 Å². The summed E-state index contributed by atoms with van der Waals surface area (Å²) in [5.41, 5.74) is 2.66. The quantitative estimate of drug-likeness (QED) is 0.863. The first-order chi connectivity index (χ1) is 8.33. The molecule has 92 valence electrons. The van der Waals surface area contributed by atoms with Gasteiger partial charge in [0.05, 0.1) is 0 Å². The molecule has 0 spiro atoms. The van der Waals surface area contributed by atoms with E-state index in [1.807, 2.05) is 0 Å². The van der Waals surface area contributed by atoms with Crippen LogP contribution in [0.2, 0.25) is 0 Å². The van der Waals surface area contributed by atoms with Gasteiger partial charge in [-0.2, -0.15) is 0 Å². The Labute approximate surface area is 102 Å². The monoisotopic (exact) mass is 233 g/mol. The second kappa shape index (κ2) is 4.57. The van der Waals surface area contributed by atoms with E-state index in [4.69, 9.17) is 9.47 Å². The summed E-state index contributed by atoms with van der Waals surface area (Å²) in [6, 6.07) is 5.02. The number of rotatable bonds is 4. The molecule has 0 saturated heterocycles. The van der Waals surface area contributed by atoms with E-state index in [1.54, 1.807) is 0 Å². The highest BCUT2D eigenvalue weighted by molar-refractivity contribution is 5.47. The van der Waals surface area contributed by atoms with E-state index in [-0.39, 0.29) is 0 Å². The van der Waals surface area contributed by atoms with Gasteiger partial charge in [0.25, 0.3) is 0 Å². The van der Waals surface area contributed by atoms with Crippen molar-refractivity contribution in [1.29, 1.82) is 0 Å². The van der Waals surface area contributed by atoms with Gasteiger partial charge in [0.1, 0.15) is 13.2 Å². The van der Waals surface area contributed by atoms with Gasteiger partial charge >= 0.3 is 0 Å². The van der Waals surface area contributed by atoms with Crippen molar-refractivity contribution in [3.63, 3.8) is 0 Å². The SMILES string of the molecule is Cc1cc2c(cc1CCNC1CC1)OCCO2. The van der Waals surface area contributed by atoms with Crippen LogP contribution in [0.4, 0.5) is 0 Å².